The van der Waals surface area contributed by atoms with Gasteiger partial charge >= 0.3 is 0 Å². The van der Waals surface area contributed by atoms with Gasteiger partial charge in [-0.2, -0.15) is 0 Å². The van der Waals surface area contributed by atoms with E-state index in [0.717, 1.165) is 12.2 Å². The first-order valence-corrected chi connectivity index (χ1v) is 4.61. The third kappa shape index (κ3) is 4.11. The van der Waals surface area contributed by atoms with Gasteiger partial charge in [0.15, 0.2) is 0 Å². The molecule has 4 nitrogen and oxygen atoms in total. The molecule has 0 aromatic heterocycles. The van der Waals surface area contributed by atoms with E-state index in [1.54, 1.807) is 0 Å². The summed E-state index contributed by atoms with van der Waals surface area (Å²) in [6.07, 6.45) is 2.38. The van der Waals surface area contributed by atoms with E-state index < -0.39 is 0 Å². The lowest BCUT2D eigenvalue weighted by molar-refractivity contribution is 0.389. The second-order valence-corrected chi connectivity index (χ2v) is 2.97. The second kappa shape index (κ2) is 7.17. The molecule has 0 radical (unpaired) electrons. The van der Waals surface area contributed by atoms with E-state index in [-0.39, 0.29) is 6.15 Å². The van der Waals surface area contributed by atoms with Crippen molar-refractivity contribution in [3.05, 3.63) is 24.3 Å². The van der Waals surface area contributed by atoms with Gasteiger partial charge in [0.2, 0.25) is 0 Å². The van der Waals surface area contributed by atoms with Gasteiger partial charge < -0.3 is 11.5 Å². The lowest BCUT2D eigenvalue weighted by atomic mass is 10.2. The van der Waals surface area contributed by atoms with Crippen LogP contribution in [0.1, 0.15) is 19.8 Å². The summed E-state index contributed by atoms with van der Waals surface area (Å²) >= 11 is 0. The summed E-state index contributed by atoms with van der Waals surface area (Å²) in [5.41, 5.74) is 3.89. The first-order valence-electron chi connectivity index (χ1n) is 4.61. The molecule has 0 bridgehead atoms. The van der Waals surface area contributed by atoms with Crippen molar-refractivity contribution in [3.63, 3.8) is 0 Å². The molecule has 0 unspecified atom stereocenters. The number of rotatable bonds is 5. The van der Waals surface area contributed by atoms with Crippen LogP contribution in [-0.2, 0) is 0 Å². The van der Waals surface area contributed by atoms with Gasteiger partial charge in [-0.25, -0.2) is 0 Å². The smallest absolute Gasteiger partial charge is 0.0603 e. The topological polar surface area (TPSA) is 79.3 Å². The number of anilines is 2. The Morgan fingerprint density at radius 2 is 1.71 bits per heavy atom. The van der Waals surface area contributed by atoms with E-state index in [4.69, 9.17) is 5.21 Å². The first kappa shape index (κ1) is 12.7. The molecular weight excluding hydrogens is 178 g/mol. The van der Waals surface area contributed by atoms with Crippen LogP contribution in [0.15, 0.2) is 24.3 Å². The minimum Gasteiger partial charge on any atom is -0.385 e. The van der Waals surface area contributed by atoms with Gasteiger partial charge in [-0.3, -0.25) is 10.7 Å². The number of nitrogens with one attached hydrogen (secondary N) is 2. The molecule has 0 saturated heterocycles. The van der Waals surface area contributed by atoms with Crippen LogP contribution in [0.2, 0.25) is 0 Å². The van der Waals surface area contributed by atoms with Crippen LogP contribution in [0.3, 0.4) is 0 Å². The van der Waals surface area contributed by atoms with Crippen LogP contribution in [-0.4, -0.2) is 11.8 Å². The predicted molar refractivity (Wildman–Crippen MR) is 60.3 cm³/mol. The normalized spacial score (nSPS) is 9.00. The van der Waals surface area contributed by atoms with Gasteiger partial charge in [0, 0.05) is 12.2 Å². The summed E-state index contributed by atoms with van der Waals surface area (Å²) in [6, 6.07) is 7.53. The van der Waals surface area contributed by atoms with Gasteiger partial charge in [-0.05, 0) is 30.7 Å². The van der Waals surface area contributed by atoms with Crippen LogP contribution in [0.5, 0.6) is 0 Å². The molecular formula is C10H19N3O. The van der Waals surface area contributed by atoms with E-state index in [1.807, 2.05) is 24.3 Å². The molecule has 1 rings (SSSR count). The molecule has 0 fully saturated rings. The van der Waals surface area contributed by atoms with Gasteiger partial charge in [-0.1, -0.05) is 13.3 Å². The summed E-state index contributed by atoms with van der Waals surface area (Å²) in [7, 11) is 0. The highest BCUT2D eigenvalue weighted by Crippen LogP contribution is 2.12. The predicted octanol–water partition coefficient (Wildman–Crippen LogP) is 2.86. The Kier molecular flexibility index (Phi) is 6.53. The number of hydrogen-bond acceptors (Lipinski definition) is 4. The van der Waals surface area contributed by atoms with Crippen LogP contribution < -0.4 is 16.9 Å². The molecule has 0 atom stereocenters. The lowest BCUT2D eigenvalue weighted by Crippen LogP contribution is -2.00. The maximum atomic E-state index is 8.57. The molecule has 0 aliphatic carbocycles. The molecule has 1 aromatic rings. The van der Waals surface area contributed by atoms with Crippen molar-refractivity contribution in [2.75, 3.05) is 17.3 Å². The molecule has 1 aromatic carbocycles. The Balaban J connectivity index is 0.00000169. The van der Waals surface area contributed by atoms with Gasteiger partial charge in [0.25, 0.3) is 0 Å². The second-order valence-electron chi connectivity index (χ2n) is 2.97. The van der Waals surface area contributed by atoms with Crippen LogP contribution in [0.4, 0.5) is 11.4 Å². The molecule has 0 saturated carbocycles. The minimum atomic E-state index is 0. The first-order chi connectivity index (χ1) is 6.36. The third-order valence-corrected chi connectivity index (χ3v) is 1.87. The molecule has 0 spiro atoms. The zero-order chi connectivity index (χ0) is 9.52. The average molecular weight is 197 g/mol. The summed E-state index contributed by atoms with van der Waals surface area (Å²) in [5, 5.41) is 11.9. The van der Waals surface area contributed by atoms with Crippen LogP contribution in [0, 0.1) is 0 Å². The fourth-order valence-electron chi connectivity index (χ4n) is 1.07. The summed E-state index contributed by atoms with van der Waals surface area (Å²) in [4.78, 5) is 0. The van der Waals surface area contributed by atoms with Crippen molar-refractivity contribution in [3.8, 4) is 0 Å². The Bertz CT molecular complexity index is 236. The SMILES string of the molecule is CCCCNc1ccc(NO)cc1.N. The molecule has 0 aliphatic rings. The number of benzene rings is 1. The lowest BCUT2D eigenvalue weighted by Gasteiger charge is -2.05. The van der Waals surface area contributed by atoms with Crippen molar-refractivity contribution in [2.45, 2.75) is 19.8 Å². The van der Waals surface area contributed by atoms with Crippen molar-refractivity contribution in [1.29, 1.82) is 0 Å². The zero-order valence-electron chi connectivity index (χ0n) is 8.59. The van der Waals surface area contributed by atoms with Crippen LogP contribution in [0.25, 0.3) is 0 Å². The van der Waals surface area contributed by atoms with Gasteiger partial charge in [-0.15, -0.1) is 0 Å². The van der Waals surface area contributed by atoms with Crippen molar-refractivity contribution in [1.82, 2.24) is 6.15 Å². The highest BCUT2D eigenvalue weighted by atomic mass is 16.5. The quantitative estimate of drug-likeness (QED) is 0.432. The molecule has 0 heterocycles. The van der Waals surface area contributed by atoms with E-state index in [0.29, 0.717) is 5.69 Å². The van der Waals surface area contributed by atoms with E-state index >= 15 is 0 Å². The molecule has 80 valence electrons. The average Bonchev–Trinajstić information content (AvgIpc) is 2.19. The van der Waals surface area contributed by atoms with E-state index in [2.05, 4.69) is 17.7 Å². The largest absolute Gasteiger partial charge is 0.385 e. The minimum absolute atomic E-state index is 0. The van der Waals surface area contributed by atoms with Crippen LogP contribution >= 0.6 is 0 Å². The van der Waals surface area contributed by atoms with Gasteiger partial charge in [0.1, 0.15) is 0 Å². The Hall–Kier alpha value is -1.26. The summed E-state index contributed by atoms with van der Waals surface area (Å²) in [5.74, 6) is 0. The fourth-order valence-corrected chi connectivity index (χ4v) is 1.07. The van der Waals surface area contributed by atoms with E-state index in [1.165, 1.54) is 12.8 Å². The Morgan fingerprint density at radius 1 is 1.14 bits per heavy atom. The molecule has 4 heteroatoms. The Labute approximate surface area is 84.9 Å². The molecule has 6 N–H and O–H groups in total. The maximum Gasteiger partial charge on any atom is 0.0603 e. The van der Waals surface area contributed by atoms with Crippen molar-refractivity contribution in [2.24, 2.45) is 0 Å². The standard InChI is InChI=1S/C10H16N2O.H3N/c1-2-3-8-11-9-4-6-10(12-13)7-5-9;/h4-7,11-13H,2-3,8H2,1H3;1H3. The van der Waals surface area contributed by atoms with E-state index in [9.17, 15) is 0 Å². The number of unbranched alkanes of at least 4 members (excludes halogenated alkanes) is 1. The summed E-state index contributed by atoms with van der Waals surface area (Å²) in [6.45, 7) is 3.17. The number of hydrogen-bond donors (Lipinski definition) is 4. The monoisotopic (exact) mass is 197 g/mol. The molecule has 0 amide bonds. The molecule has 14 heavy (non-hydrogen) atoms. The highest BCUT2D eigenvalue weighted by molar-refractivity contribution is 5.52. The van der Waals surface area contributed by atoms with Gasteiger partial charge in [0.05, 0.1) is 5.69 Å². The van der Waals surface area contributed by atoms with Crippen molar-refractivity contribution >= 4 is 11.4 Å². The zero-order valence-corrected chi connectivity index (χ0v) is 8.59. The summed E-state index contributed by atoms with van der Waals surface area (Å²) < 4.78 is 0. The Morgan fingerprint density at radius 3 is 2.21 bits per heavy atom. The maximum absolute atomic E-state index is 8.57. The highest BCUT2D eigenvalue weighted by Gasteiger charge is 1.91. The third-order valence-electron chi connectivity index (χ3n) is 1.87. The molecule has 0 aliphatic heterocycles. The fraction of sp³-hybridized carbons (Fsp3) is 0.400. The van der Waals surface area contributed by atoms with Crippen molar-refractivity contribution < 1.29 is 5.21 Å².